The maximum Gasteiger partial charge on any atom is 0.270 e. The number of hydrogen-bond acceptors (Lipinski definition) is 5. The summed E-state index contributed by atoms with van der Waals surface area (Å²) in [7, 11) is 0. The van der Waals surface area contributed by atoms with Gasteiger partial charge >= 0.3 is 0 Å². The summed E-state index contributed by atoms with van der Waals surface area (Å²) in [5, 5.41) is 0.149. The molecule has 1 N–H and O–H groups in total. The Hall–Kier alpha value is -1.73. The molecule has 2 aromatic heterocycles. The van der Waals surface area contributed by atoms with Crippen LogP contribution in [0.4, 0.5) is 0 Å². The third-order valence-corrected chi connectivity index (χ3v) is 5.21. The standard InChI is InChI=1S/C14H15ClN4O2S/c1-8-12(22-6-16-8)13-17-11(10(15)14(21)18-13)9-2-4-19(7-20)5-3-9/h6-7,9H,2-5H2,1H3,(H,17,18,21). The molecule has 2 aromatic rings. The second kappa shape index (κ2) is 6.18. The highest BCUT2D eigenvalue weighted by atomic mass is 35.5. The van der Waals surface area contributed by atoms with Crippen molar-refractivity contribution in [3.05, 3.63) is 32.3 Å². The molecule has 0 saturated carbocycles. The lowest BCUT2D eigenvalue weighted by atomic mass is 9.93. The Morgan fingerprint density at radius 1 is 1.45 bits per heavy atom. The molecule has 1 aliphatic rings. The normalized spacial score (nSPS) is 16.0. The number of likely N-dealkylation sites (tertiary alicyclic amines) is 1. The molecule has 0 bridgehead atoms. The van der Waals surface area contributed by atoms with Crippen LogP contribution in [0.15, 0.2) is 10.3 Å². The van der Waals surface area contributed by atoms with Crippen LogP contribution in [0.3, 0.4) is 0 Å². The molecule has 116 valence electrons. The summed E-state index contributed by atoms with van der Waals surface area (Å²) in [6.07, 6.45) is 2.38. The number of aromatic nitrogens is 3. The monoisotopic (exact) mass is 338 g/mol. The van der Waals surface area contributed by atoms with Crippen LogP contribution in [0.2, 0.25) is 5.02 Å². The van der Waals surface area contributed by atoms with E-state index in [2.05, 4.69) is 15.0 Å². The molecule has 0 spiro atoms. The zero-order valence-electron chi connectivity index (χ0n) is 12.0. The summed E-state index contributed by atoms with van der Waals surface area (Å²) in [6, 6.07) is 0. The van der Waals surface area contributed by atoms with Crippen molar-refractivity contribution in [3.63, 3.8) is 0 Å². The number of amides is 1. The van der Waals surface area contributed by atoms with Crippen LogP contribution in [0, 0.1) is 6.92 Å². The van der Waals surface area contributed by atoms with Gasteiger partial charge in [-0.2, -0.15) is 0 Å². The minimum atomic E-state index is -0.327. The van der Waals surface area contributed by atoms with Gasteiger partial charge < -0.3 is 9.88 Å². The first-order valence-electron chi connectivity index (χ1n) is 6.99. The zero-order chi connectivity index (χ0) is 15.7. The van der Waals surface area contributed by atoms with Crippen molar-refractivity contribution in [1.29, 1.82) is 0 Å². The van der Waals surface area contributed by atoms with Gasteiger partial charge in [0.2, 0.25) is 6.41 Å². The topological polar surface area (TPSA) is 79.0 Å². The number of nitrogens with zero attached hydrogens (tertiary/aromatic N) is 3. The van der Waals surface area contributed by atoms with E-state index in [1.54, 1.807) is 10.4 Å². The van der Waals surface area contributed by atoms with Gasteiger partial charge in [0.15, 0.2) is 5.82 Å². The molecule has 0 radical (unpaired) electrons. The van der Waals surface area contributed by atoms with Crippen LogP contribution in [-0.2, 0) is 4.79 Å². The number of rotatable bonds is 3. The van der Waals surface area contributed by atoms with Gasteiger partial charge in [0.1, 0.15) is 5.02 Å². The fourth-order valence-electron chi connectivity index (χ4n) is 2.66. The molecule has 0 aliphatic carbocycles. The third-order valence-electron chi connectivity index (χ3n) is 3.91. The van der Waals surface area contributed by atoms with Crippen LogP contribution < -0.4 is 5.56 Å². The van der Waals surface area contributed by atoms with E-state index >= 15 is 0 Å². The number of carbonyl (C=O) groups is 1. The van der Waals surface area contributed by atoms with Gasteiger partial charge in [-0.25, -0.2) is 9.97 Å². The van der Waals surface area contributed by atoms with Crippen LogP contribution in [0.25, 0.3) is 10.7 Å². The van der Waals surface area contributed by atoms with Crippen molar-refractivity contribution in [3.8, 4) is 10.7 Å². The number of thiazole rings is 1. The Morgan fingerprint density at radius 2 is 2.18 bits per heavy atom. The van der Waals surface area contributed by atoms with E-state index in [1.165, 1.54) is 11.3 Å². The van der Waals surface area contributed by atoms with Crippen LogP contribution in [0.1, 0.15) is 30.1 Å². The summed E-state index contributed by atoms with van der Waals surface area (Å²) >= 11 is 7.60. The predicted octanol–water partition coefficient (Wildman–Crippen LogP) is 2.19. The SMILES string of the molecule is Cc1ncsc1-c1nc(C2CCN(C=O)CC2)c(Cl)c(=O)[nH]1. The van der Waals surface area contributed by atoms with Crippen molar-refractivity contribution in [2.45, 2.75) is 25.7 Å². The molecule has 22 heavy (non-hydrogen) atoms. The van der Waals surface area contributed by atoms with E-state index in [4.69, 9.17) is 11.6 Å². The van der Waals surface area contributed by atoms with Crippen LogP contribution in [0.5, 0.6) is 0 Å². The second-order valence-corrected chi connectivity index (χ2v) is 6.53. The van der Waals surface area contributed by atoms with Gasteiger partial charge in [-0.3, -0.25) is 9.59 Å². The fourth-order valence-corrected chi connectivity index (χ4v) is 3.65. The molecule has 3 rings (SSSR count). The number of carbonyl (C=O) groups excluding carboxylic acids is 1. The molecular formula is C14H15ClN4O2S. The number of halogens is 1. The van der Waals surface area contributed by atoms with Crippen LogP contribution >= 0.6 is 22.9 Å². The Labute approximate surface area is 136 Å². The van der Waals surface area contributed by atoms with Crippen molar-refractivity contribution in [2.75, 3.05) is 13.1 Å². The highest BCUT2D eigenvalue weighted by Crippen LogP contribution is 2.31. The van der Waals surface area contributed by atoms with E-state index in [0.717, 1.165) is 29.8 Å². The third kappa shape index (κ3) is 2.78. The largest absolute Gasteiger partial charge is 0.345 e. The summed E-state index contributed by atoms with van der Waals surface area (Å²) < 4.78 is 0. The quantitative estimate of drug-likeness (QED) is 0.870. The lowest BCUT2D eigenvalue weighted by Crippen LogP contribution is -2.32. The minimum absolute atomic E-state index is 0.0953. The van der Waals surface area contributed by atoms with Crippen LogP contribution in [-0.4, -0.2) is 39.4 Å². The first kappa shape index (κ1) is 15.2. The molecule has 0 atom stereocenters. The Bertz CT molecular complexity index is 750. The lowest BCUT2D eigenvalue weighted by Gasteiger charge is -2.29. The number of H-pyrrole nitrogens is 1. The molecular weight excluding hydrogens is 324 g/mol. The number of piperidine rings is 1. The first-order chi connectivity index (χ1) is 10.6. The zero-order valence-corrected chi connectivity index (χ0v) is 13.6. The van der Waals surface area contributed by atoms with Crippen molar-refractivity contribution in [2.24, 2.45) is 0 Å². The molecule has 0 aromatic carbocycles. The summed E-state index contributed by atoms with van der Waals surface area (Å²) in [5.41, 5.74) is 2.85. The number of nitrogens with one attached hydrogen (secondary N) is 1. The van der Waals surface area contributed by atoms with Crippen molar-refractivity contribution >= 4 is 29.3 Å². The fraction of sp³-hybridized carbons (Fsp3) is 0.429. The molecule has 3 heterocycles. The molecule has 1 fully saturated rings. The highest BCUT2D eigenvalue weighted by molar-refractivity contribution is 7.13. The first-order valence-corrected chi connectivity index (χ1v) is 8.25. The van der Waals surface area contributed by atoms with Crippen molar-refractivity contribution < 1.29 is 4.79 Å². The average Bonchev–Trinajstić information content (AvgIpc) is 2.96. The van der Waals surface area contributed by atoms with Gasteiger partial charge in [0, 0.05) is 19.0 Å². The number of aromatic amines is 1. The molecule has 1 saturated heterocycles. The van der Waals surface area contributed by atoms with Gasteiger partial charge in [0.05, 0.1) is 21.8 Å². The molecule has 8 heteroatoms. The number of hydrogen-bond donors (Lipinski definition) is 1. The summed E-state index contributed by atoms with van der Waals surface area (Å²) in [4.78, 5) is 37.0. The van der Waals surface area contributed by atoms with Gasteiger partial charge in [-0.1, -0.05) is 11.6 Å². The highest BCUT2D eigenvalue weighted by Gasteiger charge is 2.25. The second-order valence-electron chi connectivity index (χ2n) is 5.30. The average molecular weight is 339 g/mol. The van der Waals surface area contributed by atoms with Gasteiger partial charge in [-0.15, -0.1) is 11.3 Å². The molecule has 6 nitrogen and oxygen atoms in total. The Kier molecular flexibility index (Phi) is 4.26. The van der Waals surface area contributed by atoms with E-state index in [0.29, 0.717) is 24.6 Å². The van der Waals surface area contributed by atoms with E-state index in [1.807, 2.05) is 6.92 Å². The van der Waals surface area contributed by atoms with Gasteiger partial charge in [-0.05, 0) is 19.8 Å². The lowest BCUT2D eigenvalue weighted by molar-refractivity contribution is -0.119. The summed E-state index contributed by atoms with van der Waals surface area (Å²) in [6.45, 7) is 3.20. The van der Waals surface area contributed by atoms with Crippen molar-refractivity contribution in [1.82, 2.24) is 19.9 Å². The predicted molar refractivity (Wildman–Crippen MR) is 85.3 cm³/mol. The maximum absolute atomic E-state index is 12.1. The minimum Gasteiger partial charge on any atom is -0.345 e. The number of aryl methyl sites for hydroxylation is 1. The molecule has 0 unspecified atom stereocenters. The van der Waals surface area contributed by atoms with Gasteiger partial charge in [0.25, 0.3) is 5.56 Å². The molecule has 1 amide bonds. The maximum atomic E-state index is 12.1. The van der Waals surface area contributed by atoms with E-state index in [-0.39, 0.29) is 16.5 Å². The summed E-state index contributed by atoms with van der Waals surface area (Å²) in [5.74, 6) is 0.611. The Balaban J connectivity index is 1.98. The van der Waals surface area contributed by atoms with E-state index in [9.17, 15) is 9.59 Å². The smallest absolute Gasteiger partial charge is 0.270 e. The van der Waals surface area contributed by atoms with E-state index < -0.39 is 0 Å². The Morgan fingerprint density at radius 3 is 2.77 bits per heavy atom. The molecule has 1 aliphatic heterocycles.